The van der Waals surface area contributed by atoms with Crippen molar-refractivity contribution in [3.05, 3.63) is 58.1 Å². The zero-order valence-corrected chi connectivity index (χ0v) is 15.4. The lowest BCUT2D eigenvalue weighted by atomic mass is 9.66. The number of nitrogens with one attached hydrogen (secondary N) is 1. The van der Waals surface area contributed by atoms with Gasteiger partial charge in [0.15, 0.2) is 0 Å². The molecule has 1 aromatic heterocycles. The molecule has 3 atom stereocenters. The average Bonchev–Trinajstić information content (AvgIpc) is 3.12. The van der Waals surface area contributed by atoms with Gasteiger partial charge in [-0.2, -0.15) is 5.16 Å². The largest absolute Gasteiger partial charge is 0.385 e. The lowest BCUT2D eigenvalue weighted by Gasteiger charge is -2.52. The first-order valence-electron chi connectivity index (χ1n) is 9.83. The van der Waals surface area contributed by atoms with E-state index in [1.165, 1.54) is 6.07 Å². The smallest absolute Gasteiger partial charge is 0.280 e. The Balaban J connectivity index is 1.51. The Morgan fingerprint density at radius 1 is 1.26 bits per heavy atom. The van der Waals surface area contributed by atoms with Crippen LogP contribution in [0.5, 0.6) is 0 Å². The molecule has 6 heteroatoms. The van der Waals surface area contributed by atoms with E-state index >= 15 is 0 Å². The van der Waals surface area contributed by atoms with Gasteiger partial charge in [0, 0.05) is 37.4 Å². The number of aliphatic hydroxyl groups is 1. The topological polar surface area (TPSA) is 86.5 Å². The van der Waals surface area contributed by atoms with E-state index in [1.54, 1.807) is 0 Å². The highest BCUT2D eigenvalue weighted by molar-refractivity contribution is 5.77. The summed E-state index contributed by atoms with van der Waals surface area (Å²) in [6.07, 6.45) is 5.33. The van der Waals surface area contributed by atoms with Crippen LogP contribution in [0, 0.1) is 5.92 Å². The van der Waals surface area contributed by atoms with Gasteiger partial charge in [0.25, 0.3) is 5.56 Å². The molecule has 2 heterocycles. The monoisotopic (exact) mass is 370 g/mol. The second-order valence-corrected chi connectivity index (χ2v) is 7.76. The van der Waals surface area contributed by atoms with Crippen molar-refractivity contribution in [2.24, 2.45) is 5.92 Å². The fraction of sp³-hybridized carbons (Fsp3) is 0.524. The summed E-state index contributed by atoms with van der Waals surface area (Å²) in [5, 5.41) is 13.8. The van der Waals surface area contributed by atoms with Crippen LogP contribution in [-0.4, -0.2) is 33.7 Å². The molecule has 1 aromatic carbocycles. The van der Waals surface area contributed by atoms with Gasteiger partial charge >= 0.3 is 0 Å². The van der Waals surface area contributed by atoms with Gasteiger partial charge in [-0.1, -0.05) is 43.2 Å². The molecule has 1 amide bonds. The maximum atomic E-state index is 12.9. The number of carbonyl (C=O) groups is 1. The van der Waals surface area contributed by atoms with Crippen LogP contribution < -0.4 is 5.56 Å². The number of likely N-dealkylation sites (tertiary alicyclic amines) is 1. The highest BCUT2D eigenvalue weighted by Gasteiger charge is 2.50. The number of hydrogen-bond acceptors (Lipinski definition) is 4. The Morgan fingerprint density at radius 2 is 2.04 bits per heavy atom. The SMILES string of the molecule is O=C(CCc1cc(=O)[nH]o1)N1CC[C@@](O)(c2ccccc2)[C@H]2CCCC[C@@H]21. The van der Waals surface area contributed by atoms with Crippen LogP contribution >= 0.6 is 0 Å². The third kappa shape index (κ3) is 3.46. The maximum absolute atomic E-state index is 12.9. The van der Waals surface area contributed by atoms with Gasteiger partial charge in [-0.3, -0.25) is 9.59 Å². The molecule has 0 bridgehead atoms. The van der Waals surface area contributed by atoms with Gasteiger partial charge in [-0.25, -0.2) is 0 Å². The minimum Gasteiger partial charge on any atom is -0.385 e. The summed E-state index contributed by atoms with van der Waals surface area (Å²) in [4.78, 5) is 26.0. The minimum atomic E-state index is -0.865. The zero-order valence-electron chi connectivity index (χ0n) is 15.4. The molecule has 1 saturated carbocycles. The van der Waals surface area contributed by atoms with E-state index in [0.717, 1.165) is 31.2 Å². The summed E-state index contributed by atoms with van der Waals surface area (Å²) in [7, 11) is 0. The Bertz CT molecular complexity index is 843. The molecule has 144 valence electrons. The van der Waals surface area contributed by atoms with Crippen molar-refractivity contribution in [1.82, 2.24) is 10.1 Å². The molecule has 0 radical (unpaired) electrons. The molecule has 1 saturated heterocycles. The van der Waals surface area contributed by atoms with Gasteiger partial charge in [0.1, 0.15) is 5.76 Å². The number of aromatic nitrogens is 1. The van der Waals surface area contributed by atoms with Crippen LogP contribution in [0.25, 0.3) is 0 Å². The Morgan fingerprint density at radius 3 is 2.78 bits per heavy atom. The molecule has 6 nitrogen and oxygen atoms in total. The van der Waals surface area contributed by atoms with E-state index < -0.39 is 5.60 Å². The maximum Gasteiger partial charge on any atom is 0.280 e. The predicted molar refractivity (Wildman–Crippen MR) is 100 cm³/mol. The van der Waals surface area contributed by atoms with Gasteiger partial charge in [0.05, 0.1) is 5.60 Å². The second kappa shape index (κ2) is 7.35. The van der Waals surface area contributed by atoms with E-state index in [2.05, 4.69) is 5.16 Å². The summed E-state index contributed by atoms with van der Waals surface area (Å²) in [6, 6.07) is 11.3. The fourth-order valence-electron chi connectivity index (χ4n) is 4.90. The summed E-state index contributed by atoms with van der Waals surface area (Å²) in [6.45, 7) is 0.558. The molecular weight excluding hydrogens is 344 g/mol. The van der Waals surface area contributed by atoms with E-state index in [4.69, 9.17) is 4.52 Å². The van der Waals surface area contributed by atoms with E-state index in [1.807, 2.05) is 35.2 Å². The molecule has 0 unspecified atom stereocenters. The van der Waals surface area contributed by atoms with Crippen molar-refractivity contribution < 1.29 is 14.4 Å². The first-order valence-corrected chi connectivity index (χ1v) is 9.83. The Hall–Kier alpha value is -2.34. The lowest BCUT2D eigenvalue weighted by molar-refractivity contribution is -0.154. The zero-order chi connectivity index (χ0) is 18.9. The molecule has 2 aromatic rings. The molecule has 4 rings (SSSR count). The van der Waals surface area contributed by atoms with Crippen molar-refractivity contribution in [3.63, 3.8) is 0 Å². The number of rotatable bonds is 4. The first-order chi connectivity index (χ1) is 13.1. The molecule has 2 aliphatic rings. The van der Waals surface area contributed by atoms with Gasteiger partial charge in [-0.15, -0.1) is 0 Å². The predicted octanol–water partition coefficient (Wildman–Crippen LogP) is 2.58. The van der Waals surface area contributed by atoms with Crippen LogP contribution in [0.1, 0.15) is 49.8 Å². The highest BCUT2D eigenvalue weighted by Crippen LogP contribution is 2.47. The number of benzene rings is 1. The third-order valence-electron chi connectivity index (χ3n) is 6.23. The number of piperidine rings is 1. The normalized spacial score (nSPS) is 28.0. The van der Waals surface area contributed by atoms with Gasteiger partial charge in [0.2, 0.25) is 5.91 Å². The number of H-pyrrole nitrogens is 1. The van der Waals surface area contributed by atoms with Crippen molar-refractivity contribution in [1.29, 1.82) is 0 Å². The second-order valence-electron chi connectivity index (χ2n) is 7.76. The molecular formula is C21H26N2O4. The van der Waals surface area contributed by atoms with Crippen LogP contribution in [0.2, 0.25) is 0 Å². The van der Waals surface area contributed by atoms with Crippen LogP contribution in [-0.2, 0) is 16.8 Å². The van der Waals surface area contributed by atoms with Crippen molar-refractivity contribution in [2.75, 3.05) is 6.54 Å². The Kier molecular flexibility index (Phi) is 4.91. The van der Waals surface area contributed by atoms with Crippen molar-refractivity contribution in [2.45, 2.75) is 56.6 Å². The quantitative estimate of drug-likeness (QED) is 0.866. The lowest BCUT2D eigenvalue weighted by Crippen LogP contribution is -2.59. The minimum absolute atomic E-state index is 0.0662. The molecule has 1 aliphatic carbocycles. The summed E-state index contributed by atoms with van der Waals surface area (Å²) in [5.74, 6) is 0.647. The molecule has 2 fully saturated rings. The number of aromatic amines is 1. The fourth-order valence-corrected chi connectivity index (χ4v) is 4.90. The van der Waals surface area contributed by atoms with E-state index in [0.29, 0.717) is 31.6 Å². The number of aryl methyl sites for hydroxylation is 1. The first kappa shape index (κ1) is 18.0. The molecule has 27 heavy (non-hydrogen) atoms. The van der Waals surface area contributed by atoms with Crippen LogP contribution in [0.3, 0.4) is 0 Å². The highest BCUT2D eigenvalue weighted by atomic mass is 16.5. The van der Waals surface area contributed by atoms with Crippen molar-refractivity contribution in [3.8, 4) is 0 Å². The van der Waals surface area contributed by atoms with E-state index in [9.17, 15) is 14.7 Å². The summed E-state index contributed by atoms with van der Waals surface area (Å²) in [5.41, 5.74) is -0.185. The molecule has 2 N–H and O–H groups in total. The third-order valence-corrected chi connectivity index (χ3v) is 6.23. The summed E-state index contributed by atoms with van der Waals surface area (Å²) >= 11 is 0. The molecule has 0 spiro atoms. The van der Waals surface area contributed by atoms with Gasteiger partial charge in [-0.05, 0) is 24.8 Å². The van der Waals surface area contributed by atoms with Crippen molar-refractivity contribution >= 4 is 5.91 Å². The molecule has 1 aliphatic heterocycles. The standard InChI is InChI=1S/C21H26N2O4/c24-19-14-16(27-22-19)10-11-20(25)23-13-12-21(26,15-6-2-1-3-7-15)17-8-4-5-9-18(17)23/h1-3,6-7,14,17-18,26H,4-5,8-13H2,(H,22,24)/t17-,18-,21+/m0/s1. The Labute approximate surface area is 158 Å². The number of carbonyl (C=O) groups excluding carboxylic acids is 1. The van der Waals surface area contributed by atoms with Gasteiger partial charge < -0.3 is 14.5 Å². The van der Waals surface area contributed by atoms with Crippen LogP contribution in [0.15, 0.2) is 45.7 Å². The average molecular weight is 370 g/mol. The summed E-state index contributed by atoms with van der Waals surface area (Å²) < 4.78 is 5.05. The number of hydrogen-bond donors (Lipinski definition) is 2. The van der Waals surface area contributed by atoms with E-state index in [-0.39, 0.29) is 23.4 Å². The number of nitrogens with zero attached hydrogens (tertiary/aromatic N) is 1. The van der Waals surface area contributed by atoms with Crippen LogP contribution in [0.4, 0.5) is 0 Å². The number of fused-ring (bicyclic) bond motifs is 1. The number of amides is 1.